The van der Waals surface area contributed by atoms with Crippen molar-refractivity contribution in [2.45, 2.75) is 46.6 Å². The summed E-state index contributed by atoms with van der Waals surface area (Å²) in [5, 5.41) is 6.83. The summed E-state index contributed by atoms with van der Waals surface area (Å²) >= 11 is 0. The third kappa shape index (κ3) is 6.94. The summed E-state index contributed by atoms with van der Waals surface area (Å²) in [6, 6.07) is 11.1. The summed E-state index contributed by atoms with van der Waals surface area (Å²) in [4.78, 5) is 8.87. The van der Waals surface area contributed by atoms with Crippen molar-refractivity contribution in [1.29, 1.82) is 0 Å². The Morgan fingerprint density at radius 1 is 1.15 bits per heavy atom. The van der Waals surface area contributed by atoms with Gasteiger partial charge in [-0.3, -0.25) is 9.98 Å². The number of aryl methyl sites for hydroxylation is 2. The second-order valence-corrected chi connectivity index (χ2v) is 6.27. The maximum atomic E-state index is 4.72. The van der Waals surface area contributed by atoms with Gasteiger partial charge in [-0.15, -0.1) is 24.0 Å². The quantitative estimate of drug-likeness (QED) is 0.361. The molecule has 2 N–H and O–H groups in total. The Hall–Kier alpha value is -1.63. The minimum atomic E-state index is 0. The van der Waals surface area contributed by atoms with Gasteiger partial charge in [0.2, 0.25) is 0 Å². The number of nitrogens with zero attached hydrogens (tertiary/aromatic N) is 2. The van der Waals surface area contributed by atoms with Crippen LogP contribution in [0, 0.1) is 6.92 Å². The minimum absolute atomic E-state index is 0. The standard InChI is InChI=1S/C21H30N4.HI/c1-5-18-7-9-20(10-8-18)17(4)25-21(23-6-2)24-14-12-19-11-13-22-15-16(19)3;/h7-11,13,15,17H,5-6,12,14H2,1-4H3,(H2,23,24,25);1H. The molecule has 0 saturated heterocycles. The van der Waals surface area contributed by atoms with Gasteiger partial charge in [0.15, 0.2) is 5.96 Å². The molecule has 1 aromatic heterocycles. The molecule has 1 aromatic carbocycles. The lowest BCUT2D eigenvalue weighted by Crippen LogP contribution is -2.38. The van der Waals surface area contributed by atoms with Crippen LogP contribution in [0.2, 0.25) is 0 Å². The molecule has 0 spiro atoms. The van der Waals surface area contributed by atoms with E-state index >= 15 is 0 Å². The lowest BCUT2D eigenvalue weighted by molar-refractivity contribution is 0.685. The first-order valence-corrected chi connectivity index (χ1v) is 9.17. The van der Waals surface area contributed by atoms with Crippen molar-refractivity contribution in [3.63, 3.8) is 0 Å². The van der Waals surface area contributed by atoms with Crippen LogP contribution >= 0.6 is 24.0 Å². The van der Waals surface area contributed by atoms with Gasteiger partial charge in [0.05, 0.1) is 6.04 Å². The molecule has 2 aromatic rings. The van der Waals surface area contributed by atoms with Crippen molar-refractivity contribution >= 4 is 29.9 Å². The molecule has 0 fully saturated rings. The predicted octanol–water partition coefficient (Wildman–Crippen LogP) is 4.43. The number of benzene rings is 1. The van der Waals surface area contributed by atoms with E-state index in [-0.39, 0.29) is 30.0 Å². The summed E-state index contributed by atoms with van der Waals surface area (Å²) in [5.41, 5.74) is 5.16. The van der Waals surface area contributed by atoms with Gasteiger partial charge >= 0.3 is 0 Å². The molecule has 26 heavy (non-hydrogen) atoms. The van der Waals surface area contributed by atoms with E-state index in [1.54, 1.807) is 0 Å². The van der Waals surface area contributed by atoms with Crippen LogP contribution in [0.1, 0.15) is 49.1 Å². The largest absolute Gasteiger partial charge is 0.357 e. The van der Waals surface area contributed by atoms with Crippen LogP contribution in [0.4, 0.5) is 0 Å². The Morgan fingerprint density at radius 3 is 2.50 bits per heavy atom. The smallest absolute Gasteiger partial charge is 0.191 e. The molecule has 0 radical (unpaired) electrons. The number of halogens is 1. The average molecular weight is 466 g/mol. The van der Waals surface area contributed by atoms with E-state index in [1.807, 2.05) is 12.4 Å². The number of aliphatic imine (C=N–C) groups is 1. The highest BCUT2D eigenvalue weighted by Gasteiger charge is 2.07. The molecule has 142 valence electrons. The first kappa shape index (κ1) is 22.4. The van der Waals surface area contributed by atoms with Gasteiger partial charge in [-0.2, -0.15) is 0 Å². The highest BCUT2D eigenvalue weighted by molar-refractivity contribution is 14.0. The van der Waals surface area contributed by atoms with Crippen molar-refractivity contribution < 1.29 is 0 Å². The van der Waals surface area contributed by atoms with Crippen LogP contribution in [0.15, 0.2) is 47.7 Å². The zero-order chi connectivity index (χ0) is 18.1. The van der Waals surface area contributed by atoms with Gasteiger partial charge in [-0.05, 0) is 61.9 Å². The SMILES string of the molecule is CCNC(=NCCc1ccncc1C)NC(C)c1ccc(CC)cc1.I. The molecule has 0 aliphatic rings. The third-order valence-corrected chi connectivity index (χ3v) is 4.37. The van der Waals surface area contributed by atoms with E-state index < -0.39 is 0 Å². The first-order valence-electron chi connectivity index (χ1n) is 9.17. The molecule has 1 unspecified atom stereocenters. The normalized spacial score (nSPS) is 12.2. The van der Waals surface area contributed by atoms with Crippen LogP contribution in [0.5, 0.6) is 0 Å². The fourth-order valence-electron chi connectivity index (χ4n) is 2.72. The number of rotatable bonds is 7. The van der Waals surface area contributed by atoms with Crippen LogP contribution < -0.4 is 10.6 Å². The topological polar surface area (TPSA) is 49.3 Å². The number of pyridine rings is 1. The third-order valence-electron chi connectivity index (χ3n) is 4.37. The van der Waals surface area contributed by atoms with Crippen LogP contribution in [0.3, 0.4) is 0 Å². The number of hydrogen-bond donors (Lipinski definition) is 2. The van der Waals surface area contributed by atoms with Crippen molar-refractivity contribution in [3.05, 3.63) is 65.0 Å². The molecule has 0 bridgehead atoms. The Balaban J connectivity index is 0.00000338. The molecule has 1 atom stereocenters. The summed E-state index contributed by atoms with van der Waals surface area (Å²) in [6.07, 6.45) is 5.74. The average Bonchev–Trinajstić information content (AvgIpc) is 2.63. The maximum absolute atomic E-state index is 4.72. The van der Waals surface area contributed by atoms with Gasteiger partial charge in [0.1, 0.15) is 0 Å². The van der Waals surface area contributed by atoms with Gasteiger partial charge in [-0.1, -0.05) is 31.2 Å². The maximum Gasteiger partial charge on any atom is 0.191 e. The molecule has 4 nitrogen and oxygen atoms in total. The second-order valence-electron chi connectivity index (χ2n) is 6.27. The molecule has 2 rings (SSSR count). The molecule has 0 aliphatic heterocycles. The second kappa shape index (κ2) is 11.9. The van der Waals surface area contributed by atoms with E-state index in [2.05, 4.69) is 73.6 Å². The zero-order valence-electron chi connectivity index (χ0n) is 16.2. The molecule has 1 heterocycles. The van der Waals surface area contributed by atoms with Crippen molar-refractivity contribution in [2.24, 2.45) is 4.99 Å². The first-order chi connectivity index (χ1) is 12.1. The van der Waals surface area contributed by atoms with Crippen LogP contribution in [0.25, 0.3) is 0 Å². The number of aromatic nitrogens is 1. The van der Waals surface area contributed by atoms with E-state index in [9.17, 15) is 0 Å². The summed E-state index contributed by atoms with van der Waals surface area (Å²) < 4.78 is 0. The van der Waals surface area contributed by atoms with E-state index in [0.29, 0.717) is 0 Å². The Labute approximate surface area is 174 Å². The number of nitrogens with one attached hydrogen (secondary N) is 2. The van der Waals surface area contributed by atoms with Crippen molar-refractivity contribution in [3.8, 4) is 0 Å². The van der Waals surface area contributed by atoms with Crippen LogP contribution in [-0.2, 0) is 12.8 Å². The Bertz CT molecular complexity index is 683. The summed E-state index contributed by atoms with van der Waals surface area (Å²) in [5.74, 6) is 0.862. The molecular weight excluding hydrogens is 435 g/mol. The molecule has 5 heteroatoms. The van der Waals surface area contributed by atoms with E-state index in [0.717, 1.165) is 31.9 Å². The van der Waals surface area contributed by atoms with E-state index in [4.69, 9.17) is 4.99 Å². The minimum Gasteiger partial charge on any atom is -0.357 e. The molecule has 0 saturated carbocycles. The fraction of sp³-hybridized carbons (Fsp3) is 0.429. The number of guanidine groups is 1. The van der Waals surface area contributed by atoms with Crippen molar-refractivity contribution in [1.82, 2.24) is 15.6 Å². The fourth-order valence-corrected chi connectivity index (χ4v) is 2.72. The molecular formula is C21H31IN4. The van der Waals surface area contributed by atoms with Gasteiger partial charge in [-0.25, -0.2) is 0 Å². The Kier molecular flexibility index (Phi) is 10.2. The zero-order valence-corrected chi connectivity index (χ0v) is 18.6. The number of hydrogen-bond acceptors (Lipinski definition) is 2. The Morgan fingerprint density at radius 2 is 1.88 bits per heavy atom. The van der Waals surface area contributed by atoms with Crippen LogP contribution in [-0.4, -0.2) is 24.0 Å². The van der Waals surface area contributed by atoms with Crippen molar-refractivity contribution in [2.75, 3.05) is 13.1 Å². The van der Waals surface area contributed by atoms with Gasteiger partial charge in [0, 0.05) is 25.5 Å². The van der Waals surface area contributed by atoms with Gasteiger partial charge in [0.25, 0.3) is 0 Å². The monoisotopic (exact) mass is 466 g/mol. The lowest BCUT2D eigenvalue weighted by atomic mass is 10.1. The summed E-state index contributed by atoms with van der Waals surface area (Å²) in [7, 11) is 0. The van der Waals surface area contributed by atoms with E-state index in [1.165, 1.54) is 22.3 Å². The highest BCUT2D eigenvalue weighted by atomic mass is 127. The summed E-state index contributed by atoms with van der Waals surface area (Å²) in [6.45, 7) is 10.1. The predicted molar refractivity (Wildman–Crippen MR) is 121 cm³/mol. The lowest BCUT2D eigenvalue weighted by Gasteiger charge is -2.18. The molecule has 0 amide bonds. The molecule has 0 aliphatic carbocycles. The highest BCUT2D eigenvalue weighted by Crippen LogP contribution is 2.13. The van der Waals surface area contributed by atoms with Gasteiger partial charge < -0.3 is 10.6 Å².